The Bertz CT molecular complexity index is 840. The molecule has 0 radical (unpaired) electrons. The van der Waals surface area contributed by atoms with E-state index in [1.165, 1.54) is 6.07 Å². The van der Waals surface area contributed by atoms with Crippen LogP contribution in [0.25, 0.3) is 0 Å². The maximum absolute atomic E-state index is 12.7. The SMILES string of the molecule is C=CCN1CC[C@]23c4c5ccc(O)c4O[C@H]2C(=O)C[C@@H](O)[C@@]3(O)C1C5O. The maximum Gasteiger partial charge on any atom is 0.177 e. The number of phenols is 1. The highest BCUT2D eigenvalue weighted by atomic mass is 16.5. The fourth-order valence-electron chi connectivity index (χ4n) is 5.90. The van der Waals surface area contributed by atoms with E-state index >= 15 is 0 Å². The fraction of sp³-hybridized carbons (Fsp3) is 0.526. The van der Waals surface area contributed by atoms with Crippen LogP contribution in [-0.2, 0) is 10.2 Å². The first kappa shape index (κ1) is 16.3. The lowest BCUT2D eigenvalue weighted by Crippen LogP contribution is -2.81. The third-order valence-electron chi connectivity index (χ3n) is 6.83. The van der Waals surface area contributed by atoms with Crippen molar-refractivity contribution in [1.29, 1.82) is 0 Å². The van der Waals surface area contributed by atoms with Gasteiger partial charge in [-0.2, -0.15) is 0 Å². The topological polar surface area (TPSA) is 110 Å². The highest BCUT2D eigenvalue weighted by Gasteiger charge is 2.77. The first-order chi connectivity index (χ1) is 12.4. The zero-order chi connectivity index (χ0) is 18.4. The minimum atomic E-state index is -1.77. The third kappa shape index (κ3) is 1.49. The van der Waals surface area contributed by atoms with Crippen molar-refractivity contribution < 1.29 is 30.0 Å². The standard InChI is InChI=1S/C19H21NO6/c1-2-6-20-7-5-18-13-9-3-4-10(21)15(13)26-17(18)11(22)8-12(23)19(18,25)16(20)14(9)24/h2-4,12,14,16-17,21,23-25H,1,5-8H2/t12-,14?,16?,17+,18+,19-/m1/s1. The lowest BCUT2D eigenvalue weighted by Gasteiger charge is -2.64. The zero-order valence-corrected chi connectivity index (χ0v) is 14.1. The summed E-state index contributed by atoms with van der Waals surface area (Å²) in [7, 11) is 0. The molecule has 7 nitrogen and oxygen atoms in total. The molecular formula is C19H21NO6. The Labute approximate surface area is 150 Å². The number of Topliss-reactive ketones (excluding diaryl/α,β-unsaturated/α-hetero) is 1. The van der Waals surface area contributed by atoms with Gasteiger partial charge in [0, 0.05) is 25.1 Å². The number of aliphatic hydroxyl groups excluding tert-OH is 2. The third-order valence-corrected chi connectivity index (χ3v) is 6.83. The maximum atomic E-state index is 12.7. The summed E-state index contributed by atoms with van der Waals surface area (Å²) < 4.78 is 5.86. The van der Waals surface area contributed by atoms with Gasteiger partial charge in [-0.15, -0.1) is 6.58 Å². The van der Waals surface area contributed by atoms with Gasteiger partial charge < -0.3 is 25.2 Å². The quantitative estimate of drug-likeness (QED) is 0.540. The number of rotatable bonds is 2. The minimum absolute atomic E-state index is 0.128. The number of carbonyl (C=O) groups excluding carboxylic acids is 1. The Morgan fingerprint density at radius 3 is 2.88 bits per heavy atom. The van der Waals surface area contributed by atoms with E-state index in [0.717, 1.165) is 0 Å². The largest absolute Gasteiger partial charge is 0.504 e. The molecule has 26 heavy (non-hydrogen) atoms. The summed E-state index contributed by atoms with van der Waals surface area (Å²) in [6, 6.07) is 2.25. The fourth-order valence-corrected chi connectivity index (χ4v) is 5.90. The van der Waals surface area contributed by atoms with E-state index in [0.29, 0.717) is 30.6 Å². The smallest absolute Gasteiger partial charge is 0.177 e. The van der Waals surface area contributed by atoms with Crippen LogP contribution in [0.4, 0.5) is 0 Å². The second-order valence-electron chi connectivity index (χ2n) is 7.78. The number of nitrogens with zero attached hydrogens (tertiary/aromatic N) is 1. The van der Waals surface area contributed by atoms with Crippen LogP contribution in [0.1, 0.15) is 30.1 Å². The predicted molar refractivity (Wildman–Crippen MR) is 89.9 cm³/mol. The Kier molecular flexibility index (Phi) is 3.04. The molecule has 2 aliphatic carbocycles. The van der Waals surface area contributed by atoms with E-state index in [9.17, 15) is 25.2 Å². The van der Waals surface area contributed by atoms with Crippen LogP contribution in [0.3, 0.4) is 0 Å². The molecule has 0 aromatic heterocycles. The Morgan fingerprint density at radius 1 is 1.38 bits per heavy atom. The van der Waals surface area contributed by atoms with Crippen LogP contribution in [0, 0.1) is 0 Å². The summed E-state index contributed by atoms with van der Waals surface area (Å²) in [5.74, 6) is -0.282. The van der Waals surface area contributed by atoms with Gasteiger partial charge in [0.2, 0.25) is 0 Å². The van der Waals surface area contributed by atoms with Gasteiger partial charge in [0.25, 0.3) is 0 Å². The van der Waals surface area contributed by atoms with Crippen LogP contribution in [0.15, 0.2) is 24.8 Å². The van der Waals surface area contributed by atoms with Crippen molar-refractivity contribution in [2.24, 2.45) is 0 Å². The minimum Gasteiger partial charge on any atom is -0.504 e. The van der Waals surface area contributed by atoms with Crippen molar-refractivity contribution in [3.05, 3.63) is 35.9 Å². The van der Waals surface area contributed by atoms with E-state index in [4.69, 9.17) is 4.74 Å². The number of aliphatic hydroxyl groups is 3. The van der Waals surface area contributed by atoms with Gasteiger partial charge in [0.1, 0.15) is 5.60 Å². The number of hydrogen-bond acceptors (Lipinski definition) is 7. The van der Waals surface area contributed by atoms with Gasteiger partial charge in [-0.1, -0.05) is 12.1 Å². The van der Waals surface area contributed by atoms with Crippen LogP contribution in [0.2, 0.25) is 0 Å². The Balaban J connectivity index is 1.86. The number of likely N-dealkylation sites (tertiary alicyclic amines) is 1. The van der Waals surface area contributed by atoms with Crippen molar-refractivity contribution in [3.63, 3.8) is 0 Å². The average molecular weight is 359 g/mol. The molecule has 0 amide bonds. The molecule has 4 N–H and O–H groups in total. The number of phenolic OH excluding ortho intramolecular Hbond substituents is 1. The number of ether oxygens (including phenoxy) is 1. The normalized spacial score (nSPS) is 43.0. The summed E-state index contributed by atoms with van der Waals surface area (Å²) in [4.78, 5) is 14.6. The molecule has 1 spiro atoms. The molecule has 2 unspecified atom stereocenters. The van der Waals surface area contributed by atoms with Crippen LogP contribution in [0.5, 0.6) is 11.5 Å². The van der Waals surface area contributed by atoms with Gasteiger partial charge in [0.15, 0.2) is 23.4 Å². The molecule has 6 atom stereocenters. The number of aromatic hydroxyl groups is 1. The Morgan fingerprint density at radius 2 is 2.15 bits per heavy atom. The highest BCUT2D eigenvalue weighted by Crippen LogP contribution is 2.66. The summed E-state index contributed by atoms with van der Waals surface area (Å²) in [5, 5.41) is 44.1. The number of hydrogen-bond donors (Lipinski definition) is 4. The van der Waals surface area contributed by atoms with Crippen molar-refractivity contribution in [2.75, 3.05) is 13.1 Å². The molecule has 2 bridgehead atoms. The molecule has 1 aromatic rings. The van der Waals surface area contributed by atoms with Crippen molar-refractivity contribution in [1.82, 2.24) is 4.90 Å². The average Bonchev–Trinajstić information content (AvgIpc) is 2.95. The lowest BCUT2D eigenvalue weighted by atomic mass is 9.47. The second-order valence-corrected chi connectivity index (χ2v) is 7.78. The zero-order valence-electron chi connectivity index (χ0n) is 14.1. The van der Waals surface area contributed by atoms with Crippen LogP contribution < -0.4 is 4.74 Å². The molecule has 7 heteroatoms. The molecule has 5 rings (SSSR count). The monoisotopic (exact) mass is 359 g/mol. The first-order valence-electron chi connectivity index (χ1n) is 8.87. The van der Waals surface area contributed by atoms with Crippen LogP contribution >= 0.6 is 0 Å². The van der Waals surface area contributed by atoms with E-state index in [2.05, 4.69) is 6.58 Å². The van der Waals surface area contributed by atoms with Crippen molar-refractivity contribution >= 4 is 5.78 Å². The number of benzene rings is 1. The second kappa shape index (κ2) is 4.86. The summed E-state index contributed by atoms with van der Waals surface area (Å²) in [6.45, 7) is 4.69. The molecular weight excluding hydrogens is 338 g/mol. The van der Waals surface area contributed by atoms with Crippen LogP contribution in [-0.4, -0.2) is 68.0 Å². The van der Waals surface area contributed by atoms with Crippen molar-refractivity contribution in [3.8, 4) is 11.5 Å². The molecule has 2 heterocycles. The molecule has 1 saturated heterocycles. The van der Waals surface area contributed by atoms with Gasteiger partial charge in [-0.05, 0) is 18.1 Å². The van der Waals surface area contributed by atoms with Gasteiger partial charge in [-0.3, -0.25) is 9.69 Å². The van der Waals surface area contributed by atoms with E-state index in [1.807, 2.05) is 4.90 Å². The number of piperidine rings is 1. The van der Waals surface area contributed by atoms with E-state index in [-0.39, 0.29) is 23.7 Å². The highest BCUT2D eigenvalue weighted by molar-refractivity contribution is 5.90. The molecule has 2 aliphatic heterocycles. The van der Waals surface area contributed by atoms with Gasteiger partial charge in [0.05, 0.1) is 23.7 Å². The summed E-state index contributed by atoms with van der Waals surface area (Å²) >= 11 is 0. The molecule has 138 valence electrons. The number of carbonyl (C=O) groups is 1. The Hall–Kier alpha value is -1.93. The summed E-state index contributed by atoms with van der Waals surface area (Å²) in [5.41, 5.74) is -1.94. The predicted octanol–water partition coefficient (Wildman–Crippen LogP) is -0.237. The lowest BCUT2D eigenvalue weighted by molar-refractivity contribution is -0.247. The molecule has 4 aliphatic rings. The van der Waals surface area contributed by atoms with Gasteiger partial charge in [-0.25, -0.2) is 0 Å². The van der Waals surface area contributed by atoms with E-state index in [1.54, 1.807) is 12.1 Å². The first-order valence-corrected chi connectivity index (χ1v) is 8.87. The molecule has 1 aromatic carbocycles. The number of ketones is 1. The van der Waals surface area contributed by atoms with E-state index < -0.39 is 35.4 Å². The van der Waals surface area contributed by atoms with Gasteiger partial charge >= 0.3 is 0 Å². The summed E-state index contributed by atoms with van der Waals surface area (Å²) in [6.07, 6.45) is -1.58. The molecule has 2 fully saturated rings. The molecule has 1 saturated carbocycles. The van der Waals surface area contributed by atoms with Crippen molar-refractivity contribution in [2.45, 2.75) is 48.2 Å².